The van der Waals surface area contributed by atoms with Crippen molar-refractivity contribution in [3.63, 3.8) is 0 Å². The van der Waals surface area contributed by atoms with E-state index in [0.29, 0.717) is 96.4 Å². The largest absolute Gasteiger partial charge is 0.420 e. The number of hydrogen-bond acceptors (Lipinski definition) is 17. The number of carbonyl (C=O) groups is 2. The lowest BCUT2D eigenvalue weighted by Gasteiger charge is -2.22. The van der Waals surface area contributed by atoms with E-state index < -0.39 is 53.6 Å². The van der Waals surface area contributed by atoms with Gasteiger partial charge in [0, 0.05) is 56.2 Å². The molecule has 2 heterocycles. The van der Waals surface area contributed by atoms with E-state index in [2.05, 4.69) is 45.3 Å². The van der Waals surface area contributed by atoms with E-state index >= 15 is 0 Å². The summed E-state index contributed by atoms with van der Waals surface area (Å²) in [6.45, 7) is 10.5. The first-order valence-corrected chi connectivity index (χ1v) is 25.6. The van der Waals surface area contributed by atoms with E-state index in [4.69, 9.17) is 43.6 Å². The average molecular weight is 1070 g/mol. The highest BCUT2D eigenvalue weighted by atomic mass is 32.1. The number of aryl methyl sites for hydroxylation is 1. The Morgan fingerprint density at radius 3 is 1.78 bits per heavy atom. The molecule has 2 unspecified atom stereocenters. The van der Waals surface area contributed by atoms with Crippen molar-refractivity contribution < 1.29 is 80.0 Å². The molecule has 2 aromatic rings. The number of carbonyl (C=O) groups excluding carboxylic acids is 2. The van der Waals surface area contributed by atoms with Gasteiger partial charge in [-0.3, -0.25) is 14.6 Å². The molecular formula is C49H76F4N6O13S. The first-order valence-electron chi connectivity index (χ1n) is 24.8. The zero-order chi connectivity index (χ0) is 53.1. The number of thiophene rings is 1. The van der Waals surface area contributed by atoms with E-state index in [0.717, 1.165) is 62.2 Å². The van der Waals surface area contributed by atoms with Crippen LogP contribution in [0.3, 0.4) is 0 Å². The number of amides is 1. The summed E-state index contributed by atoms with van der Waals surface area (Å²) in [5.41, 5.74) is 7.75. The summed E-state index contributed by atoms with van der Waals surface area (Å²) in [6.07, 6.45) is 5.32. The SMILES string of the molecule is CCCN(CCC)C(=O)C1=Cc2sc(CCCCCNC(=NC)NCC(O)C(O)COCCOCCOCCOCCOCCOCCOCCOCCC(=O)Oc3c(F)c(F)cc(F)c3F)cc2N=C(N)C1. The molecular weight excluding hydrogens is 989 g/mol. The van der Waals surface area contributed by atoms with Crippen molar-refractivity contribution in [3.05, 3.63) is 50.7 Å². The fraction of sp³-hybridized carbons (Fsp3) is 0.673. The van der Waals surface area contributed by atoms with Gasteiger partial charge in [0.25, 0.3) is 0 Å². The summed E-state index contributed by atoms with van der Waals surface area (Å²) in [5, 5.41) is 27.1. The van der Waals surface area contributed by atoms with Gasteiger partial charge in [0.1, 0.15) is 11.9 Å². The molecule has 1 aliphatic heterocycles. The van der Waals surface area contributed by atoms with Crippen molar-refractivity contribution in [2.75, 3.05) is 139 Å². The molecule has 0 fully saturated rings. The summed E-state index contributed by atoms with van der Waals surface area (Å²) < 4.78 is 101. The molecule has 1 amide bonds. The minimum absolute atomic E-state index is 0.0132. The van der Waals surface area contributed by atoms with Crippen LogP contribution in [0.4, 0.5) is 23.2 Å². The quantitative estimate of drug-likeness (QED) is 0.0118. The van der Waals surface area contributed by atoms with E-state index in [1.807, 2.05) is 11.0 Å². The van der Waals surface area contributed by atoms with Crippen LogP contribution in [0.5, 0.6) is 5.75 Å². The Kier molecular flexibility index (Phi) is 33.0. The molecule has 24 heteroatoms. The third-order valence-corrected chi connectivity index (χ3v) is 11.6. The minimum atomic E-state index is -1.80. The van der Waals surface area contributed by atoms with Crippen LogP contribution in [-0.4, -0.2) is 190 Å². The number of amidine groups is 1. The molecule has 1 aromatic heterocycles. The molecule has 0 bridgehead atoms. The van der Waals surface area contributed by atoms with E-state index in [1.165, 1.54) is 4.88 Å². The van der Waals surface area contributed by atoms with Crippen LogP contribution in [0.2, 0.25) is 0 Å². The van der Waals surface area contributed by atoms with Crippen LogP contribution >= 0.6 is 11.3 Å². The van der Waals surface area contributed by atoms with Crippen LogP contribution in [0.1, 0.15) is 68.5 Å². The predicted molar refractivity (Wildman–Crippen MR) is 267 cm³/mol. The standard InChI is InChI=1S/C49H76F4N6O13S/c1-4-12-59(13-5-2)48(63)35-29-42-39(58-43(54)30-35)31-36(73-42)9-7-6-8-11-56-49(55-3)57-33-40(60)41(61)34-71-28-27-70-26-25-69-24-23-68-22-21-67-20-19-66-18-17-65-16-15-64-14-10-44(62)72-47-45(52)37(50)32-38(51)46(47)53/h29,31-32,40-41,60-61H,4-28,30,33-34H2,1-3H3,(H2,54,58)(H2,55,56,57). The lowest BCUT2D eigenvalue weighted by Crippen LogP contribution is -2.45. The molecule has 1 aromatic carbocycles. The number of benzene rings is 1. The molecule has 73 heavy (non-hydrogen) atoms. The number of nitrogens with zero attached hydrogens (tertiary/aromatic N) is 3. The molecule has 2 atom stereocenters. The van der Waals surface area contributed by atoms with Crippen LogP contribution in [-0.2, 0) is 53.9 Å². The molecule has 0 radical (unpaired) electrons. The van der Waals surface area contributed by atoms with Gasteiger partial charge < -0.3 is 74.1 Å². The van der Waals surface area contributed by atoms with Crippen LogP contribution in [0, 0.1) is 23.3 Å². The van der Waals surface area contributed by atoms with Crippen molar-refractivity contribution in [2.45, 2.75) is 77.4 Å². The fourth-order valence-corrected chi connectivity index (χ4v) is 7.85. The Hall–Kier alpha value is -4.34. The van der Waals surface area contributed by atoms with Crippen LogP contribution < -0.4 is 21.1 Å². The van der Waals surface area contributed by atoms with Gasteiger partial charge in [-0.25, -0.2) is 13.8 Å². The van der Waals surface area contributed by atoms with Gasteiger partial charge in [-0.2, -0.15) is 8.78 Å². The van der Waals surface area contributed by atoms with Crippen LogP contribution in [0.15, 0.2) is 27.7 Å². The Balaban J connectivity index is 1.05. The number of aliphatic hydroxyl groups is 2. The van der Waals surface area contributed by atoms with Gasteiger partial charge in [-0.05, 0) is 44.2 Å². The Morgan fingerprint density at radius 2 is 1.26 bits per heavy atom. The lowest BCUT2D eigenvalue weighted by molar-refractivity contribution is -0.136. The topological polar surface area (TPSA) is 236 Å². The van der Waals surface area contributed by atoms with E-state index in [9.17, 15) is 37.4 Å². The molecule has 0 aliphatic carbocycles. The highest BCUT2D eigenvalue weighted by Crippen LogP contribution is 2.35. The van der Waals surface area contributed by atoms with E-state index in [1.54, 1.807) is 18.4 Å². The molecule has 3 rings (SSSR count). The number of ether oxygens (including phenoxy) is 9. The van der Waals surface area contributed by atoms with Crippen molar-refractivity contribution in [1.29, 1.82) is 0 Å². The summed E-state index contributed by atoms with van der Waals surface area (Å²) in [6, 6.07) is 2.09. The van der Waals surface area contributed by atoms with Gasteiger partial charge >= 0.3 is 5.97 Å². The van der Waals surface area contributed by atoms with Gasteiger partial charge in [0.15, 0.2) is 17.6 Å². The number of unbranched alkanes of at least 4 members (excludes halogenated alkanes) is 2. The van der Waals surface area contributed by atoms with Gasteiger partial charge in [-0.1, -0.05) is 20.3 Å². The Labute approximate surface area is 429 Å². The number of rotatable bonds is 41. The number of aliphatic hydroxyl groups excluding tert-OH is 2. The molecule has 0 saturated carbocycles. The van der Waals surface area contributed by atoms with Crippen molar-refractivity contribution in [3.8, 4) is 5.75 Å². The number of hydrogen-bond donors (Lipinski definition) is 5. The summed E-state index contributed by atoms with van der Waals surface area (Å²) in [7, 11) is 1.64. The first kappa shape index (κ1) is 63.0. The lowest BCUT2D eigenvalue weighted by atomic mass is 10.1. The Bertz CT molecular complexity index is 1950. The normalized spacial score (nSPS) is 13.5. The third kappa shape index (κ3) is 26.1. The minimum Gasteiger partial charge on any atom is -0.420 e. The maximum absolute atomic E-state index is 13.6. The fourth-order valence-electron chi connectivity index (χ4n) is 6.74. The molecule has 0 saturated heterocycles. The number of halogens is 4. The predicted octanol–water partition coefficient (Wildman–Crippen LogP) is 4.46. The second-order valence-corrected chi connectivity index (χ2v) is 17.6. The monoisotopic (exact) mass is 1060 g/mol. The second kappa shape index (κ2) is 38.2. The Morgan fingerprint density at radius 1 is 0.740 bits per heavy atom. The maximum Gasteiger partial charge on any atom is 0.313 e. The summed E-state index contributed by atoms with van der Waals surface area (Å²) >= 11 is 1.66. The highest BCUT2D eigenvalue weighted by Gasteiger charge is 2.24. The average Bonchev–Trinajstić information content (AvgIpc) is 3.67. The molecule has 414 valence electrons. The maximum atomic E-state index is 13.6. The van der Waals surface area contributed by atoms with Gasteiger partial charge in [-0.15, -0.1) is 11.3 Å². The van der Waals surface area contributed by atoms with Gasteiger partial charge in [0.2, 0.25) is 23.3 Å². The zero-order valence-corrected chi connectivity index (χ0v) is 43.2. The highest BCUT2D eigenvalue weighted by molar-refractivity contribution is 7.13. The van der Waals surface area contributed by atoms with Crippen LogP contribution in [0.25, 0.3) is 6.08 Å². The third-order valence-electron chi connectivity index (χ3n) is 10.5. The molecule has 6 N–H and O–H groups in total. The number of guanidine groups is 1. The number of nitrogens with one attached hydrogen (secondary N) is 2. The molecule has 1 aliphatic rings. The second-order valence-electron chi connectivity index (χ2n) is 16.4. The summed E-state index contributed by atoms with van der Waals surface area (Å²) in [4.78, 5) is 37.9. The van der Waals surface area contributed by atoms with E-state index in [-0.39, 0.29) is 58.2 Å². The number of aliphatic imine (C=N–C) groups is 2. The summed E-state index contributed by atoms with van der Waals surface area (Å²) in [5.74, 6) is -8.53. The van der Waals surface area contributed by atoms with Crippen molar-refractivity contribution in [2.24, 2.45) is 15.7 Å². The molecule has 0 spiro atoms. The molecule has 19 nitrogen and oxygen atoms in total. The van der Waals surface area contributed by atoms with Crippen molar-refractivity contribution >= 4 is 46.8 Å². The zero-order valence-electron chi connectivity index (χ0n) is 42.4. The number of fused-ring (bicyclic) bond motifs is 1. The number of esters is 1. The van der Waals surface area contributed by atoms with Gasteiger partial charge in [0.05, 0.1) is 129 Å². The number of nitrogens with two attached hydrogens (primary N) is 1. The van der Waals surface area contributed by atoms with Crippen molar-refractivity contribution in [1.82, 2.24) is 15.5 Å². The first-order chi connectivity index (χ1) is 35.4. The smallest absolute Gasteiger partial charge is 0.313 e.